The summed E-state index contributed by atoms with van der Waals surface area (Å²) in [6, 6.07) is 0. The minimum absolute atomic E-state index is 0.175. The van der Waals surface area contributed by atoms with Gasteiger partial charge in [0.15, 0.2) is 11.1 Å². The predicted octanol–water partition coefficient (Wildman–Crippen LogP) is 1.52. The van der Waals surface area contributed by atoms with E-state index in [4.69, 9.17) is 4.18 Å². The molecule has 2 atom stereocenters. The van der Waals surface area contributed by atoms with Gasteiger partial charge in [0, 0.05) is 14.1 Å². The van der Waals surface area contributed by atoms with Gasteiger partial charge in [-0.3, -0.25) is 4.18 Å². The van der Waals surface area contributed by atoms with E-state index in [0.29, 0.717) is 25.7 Å². The summed E-state index contributed by atoms with van der Waals surface area (Å²) in [5.74, 6) is 0.175. The molecule has 25 heavy (non-hydrogen) atoms. The molecule has 1 saturated carbocycles. The molecule has 148 valence electrons. The number of sulfonamides is 1. The summed E-state index contributed by atoms with van der Waals surface area (Å²) < 4.78 is 100. The van der Waals surface area contributed by atoms with Gasteiger partial charge in [0.05, 0.1) is 6.10 Å². The molecule has 2 unspecified atom stereocenters. The standard InChI is InChI=1S/C12H20F3NO6S3/c1-4-9-5-7-10(8-6-9)22-23(17)11(25(20,21)16(2)3)24(18,19)12(13,14)15/h4,9-11H,1,5-8H2,2-3H3. The van der Waals surface area contributed by atoms with Crippen LogP contribution in [-0.2, 0) is 35.1 Å². The lowest BCUT2D eigenvalue weighted by Gasteiger charge is -2.28. The highest BCUT2D eigenvalue weighted by Crippen LogP contribution is 2.34. The fraction of sp³-hybridized carbons (Fsp3) is 0.833. The maximum atomic E-state index is 12.8. The molecule has 0 heterocycles. The zero-order chi connectivity index (χ0) is 19.6. The number of sulfone groups is 1. The van der Waals surface area contributed by atoms with Gasteiger partial charge in [-0.05, 0) is 31.6 Å². The van der Waals surface area contributed by atoms with Crippen LogP contribution in [0.1, 0.15) is 25.7 Å². The zero-order valence-electron chi connectivity index (χ0n) is 13.6. The van der Waals surface area contributed by atoms with E-state index in [-0.39, 0.29) is 10.2 Å². The van der Waals surface area contributed by atoms with Crippen molar-refractivity contribution in [3.8, 4) is 0 Å². The smallest absolute Gasteiger partial charge is 0.285 e. The quantitative estimate of drug-likeness (QED) is 0.572. The fourth-order valence-electron chi connectivity index (χ4n) is 2.24. The molecule has 0 spiro atoms. The van der Waals surface area contributed by atoms with Crippen molar-refractivity contribution in [2.45, 2.75) is 41.2 Å². The summed E-state index contributed by atoms with van der Waals surface area (Å²) in [7, 11) is -9.64. The number of alkyl halides is 3. The molecule has 1 fully saturated rings. The average Bonchev–Trinajstić information content (AvgIpc) is 2.46. The largest absolute Gasteiger partial charge is 0.499 e. The van der Waals surface area contributed by atoms with Gasteiger partial charge in [0.2, 0.25) is 10.0 Å². The van der Waals surface area contributed by atoms with E-state index < -0.39 is 46.5 Å². The van der Waals surface area contributed by atoms with Gasteiger partial charge in [0.1, 0.15) is 0 Å². The molecule has 0 N–H and O–H groups in total. The van der Waals surface area contributed by atoms with Crippen LogP contribution in [0.2, 0.25) is 0 Å². The van der Waals surface area contributed by atoms with E-state index in [9.17, 15) is 34.2 Å². The van der Waals surface area contributed by atoms with Gasteiger partial charge in [-0.2, -0.15) is 13.2 Å². The van der Waals surface area contributed by atoms with Crippen molar-refractivity contribution in [2.24, 2.45) is 5.92 Å². The summed E-state index contributed by atoms with van der Waals surface area (Å²) in [6.07, 6.45) is 2.68. The summed E-state index contributed by atoms with van der Waals surface area (Å²) >= 11 is -3.24. The van der Waals surface area contributed by atoms with Crippen LogP contribution in [0.3, 0.4) is 0 Å². The Morgan fingerprint density at radius 2 is 1.64 bits per heavy atom. The maximum Gasteiger partial charge on any atom is 0.499 e. The molecule has 0 aliphatic heterocycles. The Morgan fingerprint density at radius 3 is 2.00 bits per heavy atom. The van der Waals surface area contributed by atoms with E-state index in [1.54, 1.807) is 6.08 Å². The van der Waals surface area contributed by atoms with Crippen LogP contribution in [-0.4, -0.2) is 55.0 Å². The summed E-state index contributed by atoms with van der Waals surface area (Å²) in [5.41, 5.74) is -5.89. The van der Waals surface area contributed by atoms with Gasteiger partial charge in [0.25, 0.3) is 13.8 Å². The van der Waals surface area contributed by atoms with Gasteiger partial charge in [-0.25, -0.2) is 25.3 Å². The van der Waals surface area contributed by atoms with Crippen LogP contribution in [0.4, 0.5) is 13.2 Å². The summed E-state index contributed by atoms with van der Waals surface area (Å²) in [6.45, 7) is 3.62. The number of hydrogen-bond acceptors (Lipinski definition) is 6. The number of hydrogen-bond donors (Lipinski definition) is 0. The first-order valence-electron chi connectivity index (χ1n) is 7.17. The first kappa shape index (κ1) is 22.5. The van der Waals surface area contributed by atoms with Crippen molar-refractivity contribution < 1.29 is 38.4 Å². The molecule has 0 bridgehead atoms. The van der Waals surface area contributed by atoms with Crippen LogP contribution >= 0.6 is 0 Å². The van der Waals surface area contributed by atoms with Gasteiger partial charge in [-0.1, -0.05) is 6.08 Å². The molecule has 0 aromatic rings. The average molecular weight is 427 g/mol. The molecular weight excluding hydrogens is 407 g/mol. The predicted molar refractivity (Wildman–Crippen MR) is 86.5 cm³/mol. The van der Waals surface area contributed by atoms with Crippen LogP contribution in [0.5, 0.6) is 0 Å². The van der Waals surface area contributed by atoms with Crippen molar-refractivity contribution >= 4 is 30.9 Å². The minimum atomic E-state index is -6.28. The number of nitrogens with zero attached hydrogens (tertiary/aromatic N) is 1. The van der Waals surface area contributed by atoms with E-state index in [2.05, 4.69) is 6.58 Å². The molecule has 0 saturated heterocycles. The van der Waals surface area contributed by atoms with E-state index in [0.717, 1.165) is 14.1 Å². The lowest BCUT2D eigenvalue weighted by molar-refractivity contribution is -0.0435. The second kappa shape index (κ2) is 8.03. The van der Waals surface area contributed by atoms with Crippen LogP contribution in [0.15, 0.2) is 12.7 Å². The highest BCUT2D eigenvalue weighted by Gasteiger charge is 2.60. The number of halogens is 3. The second-order valence-corrected chi connectivity index (χ2v) is 12.1. The normalized spacial score (nSPS) is 25.5. The van der Waals surface area contributed by atoms with Crippen molar-refractivity contribution in [2.75, 3.05) is 14.1 Å². The minimum Gasteiger partial charge on any atom is -0.285 e. The van der Waals surface area contributed by atoms with Crippen molar-refractivity contribution in [3.63, 3.8) is 0 Å². The van der Waals surface area contributed by atoms with Crippen LogP contribution in [0, 0.1) is 5.92 Å². The lowest BCUT2D eigenvalue weighted by atomic mass is 9.88. The SMILES string of the molecule is C=CC1CCC(OS(=O)C(S(=O)(=O)N(C)C)S(=O)(=O)C(F)(F)F)CC1. The molecule has 7 nitrogen and oxygen atoms in total. The highest BCUT2D eigenvalue weighted by atomic mass is 32.3. The molecular formula is C12H20F3NO6S3. The van der Waals surface area contributed by atoms with Crippen molar-refractivity contribution in [1.82, 2.24) is 4.31 Å². The number of rotatable bonds is 7. The molecule has 1 rings (SSSR count). The lowest BCUT2D eigenvalue weighted by Crippen LogP contribution is -2.47. The van der Waals surface area contributed by atoms with Crippen LogP contribution < -0.4 is 0 Å². The third kappa shape index (κ3) is 5.02. The summed E-state index contributed by atoms with van der Waals surface area (Å²) in [4.78, 5) is 0. The monoisotopic (exact) mass is 427 g/mol. The Hall–Kier alpha value is -0.500. The van der Waals surface area contributed by atoms with Gasteiger partial charge < -0.3 is 0 Å². The Labute approximate surface area is 147 Å². The molecule has 1 aliphatic carbocycles. The third-order valence-corrected chi connectivity index (χ3v) is 11.1. The highest BCUT2D eigenvalue weighted by molar-refractivity contribution is 8.20. The van der Waals surface area contributed by atoms with Gasteiger partial charge >= 0.3 is 5.51 Å². The first-order chi connectivity index (χ1) is 11.2. The topological polar surface area (TPSA) is 97.8 Å². The van der Waals surface area contributed by atoms with Crippen molar-refractivity contribution in [3.05, 3.63) is 12.7 Å². The fourth-order valence-corrected chi connectivity index (χ4v) is 8.22. The zero-order valence-corrected chi connectivity index (χ0v) is 16.0. The molecule has 0 amide bonds. The molecule has 1 aliphatic rings. The molecule has 0 aromatic carbocycles. The third-order valence-electron chi connectivity index (χ3n) is 3.77. The maximum absolute atomic E-state index is 12.8. The Balaban J connectivity index is 3.13. The Kier molecular flexibility index (Phi) is 7.24. The molecule has 0 radical (unpaired) electrons. The van der Waals surface area contributed by atoms with Crippen molar-refractivity contribution in [1.29, 1.82) is 0 Å². The molecule has 0 aromatic heterocycles. The Morgan fingerprint density at radius 1 is 1.16 bits per heavy atom. The first-order valence-corrected chi connectivity index (χ1v) is 11.4. The van der Waals surface area contributed by atoms with Crippen LogP contribution in [0.25, 0.3) is 0 Å². The van der Waals surface area contributed by atoms with Gasteiger partial charge in [-0.15, -0.1) is 6.58 Å². The van der Waals surface area contributed by atoms with E-state index in [1.165, 1.54) is 0 Å². The molecule has 13 heteroatoms. The second-order valence-electron chi connectivity index (χ2n) is 5.74. The van der Waals surface area contributed by atoms with E-state index in [1.807, 2.05) is 0 Å². The summed E-state index contributed by atoms with van der Waals surface area (Å²) in [5, 5.41) is 0. The Bertz CT molecular complexity index is 709. The number of allylic oxidation sites excluding steroid dienone is 1. The van der Waals surface area contributed by atoms with E-state index >= 15 is 0 Å².